The van der Waals surface area contributed by atoms with Crippen LogP contribution in [0.4, 0.5) is 0 Å². The minimum absolute atomic E-state index is 0.542. The van der Waals surface area contributed by atoms with Crippen molar-refractivity contribution in [1.29, 1.82) is 0 Å². The fourth-order valence-corrected chi connectivity index (χ4v) is 10.1. The van der Waals surface area contributed by atoms with Gasteiger partial charge in [-0.3, -0.25) is 4.57 Å². The van der Waals surface area contributed by atoms with Crippen LogP contribution in [0.2, 0.25) is 0 Å². The molecule has 14 aromatic rings. The second-order valence-corrected chi connectivity index (χ2v) is 16.4. The molecule has 0 fully saturated rings. The lowest BCUT2D eigenvalue weighted by molar-refractivity contribution is 0.669. The number of nitrogens with zero attached hydrogens (tertiary/aromatic N) is 6. The normalized spacial score (nSPS) is 12.1. The van der Waals surface area contributed by atoms with Crippen LogP contribution in [0.1, 0.15) is 0 Å². The zero-order valence-electron chi connectivity index (χ0n) is 34.2. The van der Waals surface area contributed by atoms with Gasteiger partial charge in [0.05, 0.1) is 33.1 Å². The molecule has 0 amide bonds. The molecule has 0 N–H and O–H groups in total. The van der Waals surface area contributed by atoms with Gasteiger partial charge in [0.2, 0.25) is 5.95 Å². The molecule has 14 rings (SSSR count). The van der Waals surface area contributed by atoms with E-state index in [0.717, 1.165) is 77.3 Å². The molecular formula is C57H34N6O. The van der Waals surface area contributed by atoms with E-state index in [1.807, 2.05) is 24.3 Å². The molecule has 0 aliphatic heterocycles. The third-order valence-electron chi connectivity index (χ3n) is 12.9. The first kappa shape index (κ1) is 34.9. The molecule has 9 aromatic carbocycles. The molecule has 0 saturated heterocycles. The van der Waals surface area contributed by atoms with Gasteiger partial charge in [0.1, 0.15) is 11.2 Å². The Morgan fingerprint density at radius 3 is 1.56 bits per heavy atom. The highest BCUT2D eigenvalue weighted by molar-refractivity contribution is 6.26. The first-order valence-corrected chi connectivity index (χ1v) is 21.5. The third kappa shape index (κ3) is 5.00. The zero-order valence-corrected chi connectivity index (χ0v) is 34.2. The third-order valence-corrected chi connectivity index (χ3v) is 12.9. The van der Waals surface area contributed by atoms with Gasteiger partial charge in [-0.15, -0.1) is 0 Å². The molecule has 0 atom stereocenters. The van der Waals surface area contributed by atoms with Crippen LogP contribution in [0.3, 0.4) is 0 Å². The van der Waals surface area contributed by atoms with Gasteiger partial charge in [0.25, 0.3) is 0 Å². The van der Waals surface area contributed by atoms with Gasteiger partial charge < -0.3 is 13.6 Å². The molecule has 0 radical (unpaired) electrons. The largest absolute Gasteiger partial charge is 0.456 e. The average molecular weight is 819 g/mol. The summed E-state index contributed by atoms with van der Waals surface area (Å²) in [7, 11) is 0. The van der Waals surface area contributed by atoms with Gasteiger partial charge in [-0.25, -0.2) is 4.98 Å². The molecular weight excluding hydrogens is 785 g/mol. The fraction of sp³-hybridized carbons (Fsp3) is 0. The summed E-state index contributed by atoms with van der Waals surface area (Å²) >= 11 is 0. The summed E-state index contributed by atoms with van der Waals surface area (Å²) in [4.78, 5) is 15.9. The van der Waals surface area contributed by atoms with Crippen molar-refractivity contribution in [1.82, 2.24) is 28.7 Å². The molecule has 298 valence electrons. The number of rotatable bonds is 5. The van der Waals surface area contributed by atoms with Crippen molar-refractivity contribution in [3.05, 3.63) is 206 Å². The van der Waals surface area contributed by atoms with Crippen molar-refractivity contribution >= 4 is 87.4 Å². The second-order valence-electron chi connectivity index (χ2n) is 16.4. The van der Waals surface area contributed by atoms with E-state index in [2.05, 4.69) is 196 Å². The monoisotopic (exact) mass is 818 g/mol. The number of hydrogen-bond donors (Lipinski definition) is 0. The Kier molecular flexibility index (Phi) is 7.27. The average Bonchev–Trinajstić information content (AvgIpc) is 4.10. The summed E-state index contributed by atoms with van der Waals surface area (Å²) in [6.45, 7) is 0. The minimum Gasteiger partial charge on any atom is -0.456 e. The van der Waals surface area contributed by atoms with Crippen LogP contribution >= 0.6 is 0 Å². The number of para-hydroxylation sites is 6. The van der Waals surface area contributed by atoms with Crippen molar-refractivity contribution in [2.45, 2.75) is 0 Å². The van der Waals surface area contributed by atoms with Crippen LogP contribution in [-0.2, 0) is 0 Å². The lowest BCUT2D eigenvalue weighted by Crippen LogP contribution is -2.06. The van der Waals surface area contributed by atoms with Gasteiger partial charge in [0.15, 0.2) is 11.6 Å². The number of fused-ring (bicyclic) bond motifs is 13. The van der Waals surface area contributed by atoms with Gasteiger partial charge in [-0.1, -0.05) is 133 Å². The minimum atomic E-state index is 0.542. The molecule has 0 saturated carbocycles. The van der Waals surface area contributed by atoms with Crippen molar-refractivity contribution < 1.29 is 4.42 Å². The summed E-state index contributed by atoms with van der Waals surface area (Å²) in [5, 5.41) is 9.25. The van der Waals surface area contributed by atoms with Crippen LogP contribution in [0.15, 0.2) is 211 Å². The first-order chi connectivity index (χ1) is 31.7. The number of furan rings is 1. The molecule has 0 aliphatic rings. The molecule has 5 heterocycles. The Bertz CT molecular complexity index is 4160. The summed E-state index contributed by atoms with van der Waals surface area (Å²) < 4.78 is 13.3. The molecule has 0 spiro atoms. The highest BCUT2D eigenvalue weighted by Crippen LogP contribution is 2.42. The molecule has 7 nitrogen and oxygen atoms in total. The van der Waals surface area contributed by atoms with Gasteiger partial charge in [0, 0.05) is 65.6 Å². The SMILES string of the molecule is c1ccc(-n2c3ccccc3c3ccc4c(c5ccccc5n4-c4cccc(-c5nc(-c6ccc7c(c6)oc6ccccc67)nc(-n6c7ccccc7c7ccccc76)n5)c4)c32)cc1. The molecule has 64 heavy (non-hydrogen) atoms. The van der Waals surface area contributed by atoms with E-state index in [-0.39, 0.29) is 0 Å². The fourth-order valence-electron chi connectivity index (χ4n) is 10.1. The van der Waals surface area contributed by atoms with Crippen molar-refractivity contribution in [2.24, 2.45) is 0 Å². The van der Waals surface area contributed by atoms with E-state index in [0.29, 0.717) is 17.6 Å². The molecule has 5 aromatic heterocycles. The van der Waals surface area contributed by atoms with E-state index in [4.69, 9.17) is 19.4 Å². The smallest absolute Gasteiger partial charge is 0.238 e. The number of hydrogen-bond acceptors (Lipinski definition) is 4. The van der Waals surface area contributed by atoms with E-state index in [1.165, 1.54) is 32.6 Å². The predicted molar refractivity (Wildman–Crippen MR) is 261 cm³/mol. The van der Waals surface area contributed by atoms with Crippen molar-refractivity contribution in [2.75, 3.05) is 0 Å². The second kappa shape index (κ2) is 13.3. The quantitative estimate of drug-likeness (QED) is 0.173. The standard InChI is InChI=1S/C57H34N6O/c1-2-16-37(17-3-1)62-46-24-9-6-21-41(46)44-31-32-50-53(54(44)62)45-23-7-12-27-49(45)61(50)38-18-14-15-35(33-38)55-58-56(36-29-30-43-42-22-8-13-28-51(42)64-52(43)34-36)60-57(59-55)63-47-25-10-4-19-39(47)40-20-5-11-26-48(40)63/h1-34H. The van der Waals surface area contributed by atoms with Gasteiger partial charge in [-0.05, 0) is 72.8 Å². The molecule has 0 bridgehead atoms. The summed E-state index contributed by atoms with van der Waals surface area (Å²) in [6, 6.07) is 72.6. The Labute approximate surface area is 365 Å². The molecule has 7 heteroatoms. The summed E-state index contributed by atoms with van der Waals surface area (Å²) in [6.07, 6.45) is 0. The van der Waals surface area contributed by atoms with E-state index in [1.54, 1.807) is 0 Å². The maximum Gasteiger partial charge on any atom is 0.238 e. The van der Waals surface area contributed by atoms with Crippen molar-refractivity contribution in [3.8, 4) is 40.1 Å². The number of benzene rings is 9. The van der Waals surface area contributed by atoms with Crippen LogP contribution in [0, 0.1) is 0 Å². The van der Waals surface area contributed by atoms with Gasteiger partial charge in [-0.2, -0.15) is 9.97 Å². The van der Waals surface area contributed by atoms with Crippen LogP contribution in [-0.4, -0.2) is 28.7 Å². The van der Waals surface area contributed by atoms with Gasteiger partial charge >= 0.3 is 0 Å². The van der Waals surface area contributed by atoms with E-state index in [9.17, 15) is 0 Å². The summed E-state index contributed by atoms with van der Waals surface area (Å²) in [5.41, 5.74) is 12.1. The molecule has 0 unspecified atom stereocenters. The Balaban J connectivity index is 1.01. The number of aromatic nitrogens is 6. The highest BCUT2D eigenvalue weighted by Gasteiger charge is 2.22. The topological polar surface area (TPSA) is 66.6 Å². The van der Waals surface area contributed by atoms with E-state index >= 15 is 0 Å². The predicted octanol–water partition coefficient (Wildman–Crippen LogP) is 14.4. The lowest BCUT2D eigenvalue weighted by Gasteiger charge is -2.13. The maximum atomic E-state index is 6.37. The Morgan fingerprint density at radius 2 is 0.844 bits per heavy atom. The van der Waals surface area contributed by atoms with Crippen LogP contribution in [0.25, 0.3) is 127 Å². The summed E-state index contributed by atoms with van der Waals surface area (Å²) in [5.74, 6) is 1.67. The zero-order chi connectivity index (χ0) is 41.9. The van der Waals surface area contributed by atoms with Crippen LogP contribution in [0.5, 0.6) is 0 Å². The van der Waals surface area contributed by atoms with E-state index < -0.39 is 0 Å². The van der Waals surface area contributed by atoms with Crippen molar-refractivity contribution in [3.63, 3.8) is 0 Å². The highest BCUT2D eigenvalue weighted by atomic mass is 16.3. The Morgan fingerprint density at radius 1 is 0.312 bits per heavy atom. The Hall–Kier alpha value is -8.81. The molecule has 0 aliphatic carbocycles. The first-order valence-electron chi connectivity index (χ1n) is 21.5. The maximum absolute atomic E-state index is 6.37. The lowest BCUT2D eigenvalue weighted by atomic mass is 10.1. The van der Waals surface area contributed by atoms with Crippen LogP contribution < -0.4 is 0 Å².